The van der Waals surface area contributed by atoms with Crippen molar-refractivity contribution in [2.75, 3.05) is 25.1 Å². The SMILES string of the molecule is COc1ccc(N2CCCC2)c(CC2SC(=O)NC2=O)c1. The summed E-state index contributed by atoms with van der Waals surface area (Å²) in [5, 5.41) is 1.75. The van der Waals surface area contributed by atoms with Crippen molar-refractivity contribution in [3.8, 4) is 5.75 Å². The van der Waals surface area contributed by atoms with Crippen LogP contribution in [0, 0.1) is 0 Å². The third-order valence-electron chi connectivity index (χ3n) is 3.91. The fraction of sp³-hybridized carbons (Fsp3) is 0.467. The molecule has 1 atom stereocenters. The van der Waals surface area contributed by atoms with Crippen molar-refractivity contribution in [2.24, 2.45) is 0 Å². The van der Waals surface area contributed by atoms with Crippen LogP contribution in [0.5, 0.6) is 5.75 Å². The summed E-state index contributed by atoms with van der Waals surface area (Å²) in [5.74, 6) is 0.586. The van der Waals surface area contributed by atoms with Gasteiger partial charge in [-0.3, -0.25) is 14.9 Å². The molecule has 0 saturated carbocycles. The van der Waals surface area contributed by atoms with Gasteiger partial charge in [0, 0.05) is 18.8 Å². The number of carbonyl (C=O) groups is 2. The van der Waals surface area contributed by atoms with Crippen molar-refractivity contribution in [3.05, 3.63) is 23.8 Å². The van der Waals surface area contributed by atoms with E-state index in [0.29, 0.717) is 6.42 Å². The number of hydrogen-bond donors (Lipinski definition) is 1. The Hall–Kier alpha value is -1.69. The Bertz CT molecular complexity index is 570. The molecule has 1 N–H and O–H groups in total. The first-order valence-electron chi connectivity index (χ1n) is 7.11. The van der Waals surface area contributed by atoms with E-state index in [1.165, 1.54) is 12.8 Å². The highest BCUT2D eigenvalue weighted by Crippen LogP contribution is 2.32. The molecule has 5 nitrogen and oxygen atoms in total. The van der Waals surface area contributed by atoms with Crippen LogP contribution in [0.2, 0.25) is 0 Å². The zero-order valence-electron chi connectivity index (χ0n) is 11.9. The summed E-state index contributed by atoms with van der Waals surface area (Å²) >= 11 is 1.07. The minimum atomic E-state index is -0.342. The second kappa shape index (κ2) is 5.97. The van der Waals surface area contributed by atoms with Gasteiger partial charge in [-0.1, -0.05) is 11.8 Å². The minimum Gasteiger partial charge on any atom is -0.497 e. The maximum atomic E-state index is 11.8. The highest BCUT2D eigenvalue weighted by molar-refractivity contribution is 8.15. The number of amides is 2. The molecule has 0 aromatic heterocycles. The Labute approximate surface area is 128 Å². The van der Waals surface area contributed by atoms with Crippen molar-refractivity contribution in [3.63, 3.8) is 0 Å². The van der Waals surface area contributed by atoms with Gasteiger partial charge in [-0.05, 0) is 43.0 Å². The van der Waals surface area contributed by atoms with E-state index in [4.69, 9.17) is 4.74 Å². The fourth-order valence-electron chi connectivity index (χ4n) is 2.85. The average Bonchev–Trinajstić information content (AvgIpc) is 3.09. The first kappa shape index (κ1) is 14.3. The summed E-state index contributed by atoms with van der Waals surface area (Å²) < 4.78 is 5.29. The van der Waals surface area contributed by atoms with Gasteiger partial charge in [-0.2, -0.15) is 0 Å². The highest BCUT2D eigenvalue weighted by atomic mass is 32.2. The second-order valence-corrected chi connectivity index (χ2v) is 6.45. The Morgan fingerprint density at radius 2 is 2.10 bits per heavy atom. The first-order valence-corrected chi connectivity index (χ1v) is 7.98. The molecule has 2 heterocycles. The molecular formula is C15H18N2O3S. The number of rotatable bonds is 4. The molecule has 1 aromatic carbocycles. The minimum absolute atomic E-state index is 0.194. The summed E-state index contributed by atoms with van der Waals surface area (Å²) in [6.45, 7) is 2.09. The van der Waals surface area contributed by atoms with Crippen molar-refractivity contribution in [1.82, 2.24) is 5.32 Å². The summed E-state index contributed by atoms with van der Waals surface area (Å²) in [5.41, 5.74) is 2.22. The molecule has 0 radical (unpaired) electrons. The number of anilines is 1. The molecule has 3 rings (SSSR count). The lowest BCUT2D eigenvalue weighted by Gasteiger charge is -2.22. The monoisotopic (exact) mass is 306 g/mol. The largest absolute Gasteiger partial charge is 0.497 e. The summed E-state index contributed by atoms with van der Waals surface area (Å²) in [6.07, 6.45) is 2.94. The molecule has 6 heteroatoms. The van der Waals surface area contributed by atoms with Gasteiger partial charge in [0.25, 0.3) is 5.24 Å². The predicted octanol–water partition coefficient (Wildman–Crippen LogP) is 2.19. The van der Waals surface area contributed by atoms with Crippen LogP contribution >= 0.6 is 11.8 Å². The number of nitrogens with one attached hydrogen (secondary N) is 1. The third kappa shape index (κ3) is 3.00. The molecule has 2 aliphatic rings. The molecule has 0 spiro atoms. The van der Waals surface area contributed by atoms with Gasteiger partial charge in [-0.25, -0.2) is 0 Å². The van der Waals surface area contributed by atoms with Crippen LogP contribution in [0.3, 0.4) is 0 Å². The molecule has 2 fully saturated rings. The van der Waals surface area contributed by atoms with E-state index in [0.717, 1.165) is 41.9 Å². The lowest BCUT2D eigenvalue weighted by Crippen LogP contribution is -2.26. The van der Waals surface area contributed by atoms with Gasteiger partial charge >= 0.3 is 0 Å². The van der Waals surface area contributed by atoms with Crippen molar-refractivity contribution in [1.29, 1.82) is 0 Å². The van der Waals surface area contributed by atoms with Crippen LogP contribution in [-0.2, 0) is 11.2 Å². The van der Waals surface area contributed by atoms with Crippen LogP contribution in [-0.4, -0.2) is 36.6 Å². The molecule has 2 saturated heterocycles. The number of imide groups is 1. The highest BCUT2D eigenvalue weighted by Gasteiger charge is 2.32. The van der Waals surface area contributed by atoms with Crippen LogP contribution < -0.4 is 15.0 Å². The molecule has 2 amide bonds. The molecule has 1 aromatic rings. The average molecular weight is 306 g/mol. The quantitative estimate of drug-likeness (QED) is 0.924. The number of thioether (sulfide) groups is 1. The zero-order chi connectivity index (χ0) is 14.8. The van der Waals surface area contributed by atoms with Crippen LogP contribution in [0.25, 0.3) is 0 Å². The molecular weight excluding hydrogens is 288 g/mol. The van der Waals surface area contributed by atoms with Gasteiger partial charge < -0.3 is 9.64 Å². The fourth-order valence-corrected chi connectivity index (χ4v) is 3.69. The topological polar surface area (TPSA) is 58.6 Å². The second-order valence-electron chi connectivity index (χ2n) is 5.28. The van der Waals surface area contributed by atoms with E-state index in [2.05, 4.69) is 16.3 Å². The van der Waals surface area contributed by atoms with E-state index in [9.17, 15) is 9.59 Å². The zero-order valence-corrected chi connectivity index (χ0v) is 12.7. The molecule has 2 aliphatic heterocycles. The van der Waals surface area contributed by atoms with Crippen molar-refractivity contribution in [2.45, 2.75) is 24.5 Å². The number of methoxy groups -OCH3 is 1. The van der Waals surface area contributed by atoms with Crippen molar-refractivity contribution >= 4 is 28.6 Å². The molecule has 0 aliphatic carbocycles. The Kier molecular flexibility index (Phi) is 4.05. The molecule has 112 valence electrons. The number of ether oxygens (including phenoxy) is 1. The Morgan fingerprint density at radius 3 is 2.71 bits per heavy atom. The third-order valence-corrected chi connectivity index (χ3v) is 4.89. The van der Waals surface area contributed by atoms with Gasteiger partial charge in [0.2, 0.25) is 5.91 Å². The van der Waals surface area contributed by atoms with Crippen LogP contribution in [0.4, 0.5) is 10.5 Å². The number of benzene rings is 1. The Balaban J connectivity index is 1.87. The molecule has 0 bridgehead atoms. The summed E-state index contributed by atoms with van der Waals surface area (Å²) in [7, 11) is 1.63. The predicted molar refractivity (Wildman–Crippen MR) is 83.1 cm³/mol. The molecule has 1 unspecified atom stereocenters. The lowest BCUT2D eigenvalue weighted by atomic mass is 10.1. The number of hydrogen-bond acceptors (Lipinski definition) is 5. The smallest absolute Gasteiger partial charge is 0.286 e. The van der Waals surface area contributed by atoms with Gasteiger partial charge in [-0.15, -0.1) is 0 Å². The maximum Gasteiger partial charge on any atom is 0.286 e. The Morgan fingerprint density at radius 1 is 1.33 bits per heavy atom. The van der Waals surface area contributed by atoms with E-state index in [-0.39, 0.29) is 16.4 Å². The molecule has 21 heavy (non-hydrogen) atoms. The van der Waals surface area contributed by atoms with Gasteiger partial charge in [0.15, 0.2) is 0 Å². The van der Waals surface area contributed by atoms with Crippen LogP contribution in [0.15, 0.2) is 18.2 Å². The summed E-state index contributed by atoms with van der Waals surface area (Å²) in [6, 6.07) is 5.98. The normalized spacial score (nSPS) is 21.8. The van der Waals surface area contributed by atoms with E-state index in [1.54, 1.807) is 7.11 Å². The standard InChI is InChI=1S/C15H18N2O3S/c1-20-11-4-5-12(17-6-2-3-7-17)10(8-11)9-13-14(18)16-15(19)21-13/h4-5,8,13H,2-3,6-7,9H2,1H3,(H,16,18,19). The van der Waals surface area contributed by atoms with E-state index < -0.39 is 0 Å². The lowest BCUT2D eigenvalue weighted by molar-refractivity contribution is -0.118. The number of carbonyl (C=O) groups excluding carboxylic acids is 2. The number of nitrogens with zero attached hydrogens (tertiary/aromatic N) is 1. The van der Waals surface area contributed by atoms with Gasteiger partial charge in [0.1, 0.15) is 5.75 Å². The van der Waals surface area contributed by atoms with Gasteiger partial charge in [0.05, 0.1) is 12.4 Å². The van der Waals surface area contributed by atoms with E-state index in [1.807, 2.05) is 12.1 Å². The van der Waals surface area contributed by atoms with Crippen LogP contribution in [0.1, 0.15) is 18.4 Å². The summed E-state index contributed by atoms with van der Waals surface area (Å²) in [4.78, 5) is 25.4. The first-order chi connectivity index (χ1) is 10.2. The maximum absolute atomic E-state index is 11.8. The van der Waals surface area contributed by atoms with E-state index >= 15 is 0 Å². The van der Waals surface area contributed by atoms with Crippen molar-refractivity contribution < 1.29 is 14.3 Å².